The van der Waals surface area contributed by atoms with Crippen LogP contribution in [0.3, 0.4) is 0 Å². The van der Waals surface area contributed by atoms with Gasteiger partial charge in [0.2, 0.25) is 0 Å². The van der Waals surface area contributed by atoms with E-state index < -0.39 is 17.9 Å². The van der Waals surface area contributed by atoms with Crippen molar-refractivity contribution in [2.24, 2.45) is 5.73 Å². The molecule has 2 N–H and O–H groups in total. The maximum Gasteiger partial charge on any atom is 0.355 e. The number of ether oxygens (including phenoxy) is 2. The first kappa shape index (κ1) is 21.0. The van der Waals surface area contributed by atoms with Crippen LogP contribution in [-0.4, -0.2) is 26.2 Å². The molecule has 0 fully saturated rings. The van der Waals surface area contributed by atoms with E-state index in [4.69, 9.17) is 26.8 Å². The Kier molecular flexibility index (Phi) is 6.09. The van der Waals surface area contributed by atoms with Crippen molar-refractivity contribution in [1.82, 2.24) is 0 Å². The van der Waals surface area contributed by atoms with E-state index in [0.717, 1.165) is 0 Å². The summed E-state index contributed by atoms with van der Waals surface area (Å²) in [6, 6.07) is 17.4. The topological polar surface area (TPSA) is 106 Å². The van der Waals surface area contributed by atoms with E-state index in [1.165, 1.54) is 19.1 Å². The first-order valence-corrected chi connectivity index (χ1v) is 9.23. The lowest BCUT2D eigenvalue weighted by atomic mass is 9.81. The number of benzene rings is 2. The Bertz CT molecular complexity index is 1100. The minimum atomic E-state index is -0.909. The molecule has 2 aromatic rings. The Labute approximate surface area is 178 Å². The van der Waals surface area contributed by atoms with Gasteiger partial charge in [-0.2, -0.15) is 5.26 Å². The molecule has 1 unspecified atom stereocenters. The SMILES string of the molecule is COC(=O)C1=C(C(=O)OC)N(c2cccc(Cl)c2)C(N)=C(C#N)C1c1ccccc1. The summed E-state index contributed by atoms with van der Waals surface area (Å²) in [6.45, 7) is 0. The van der Waals surface area contributed by atoms with E-state index in [-0.39, 0.29) is 22.7 Å². The largest absolute Gasteiger partial charge is 0.466 e. The fourth-order valence-corrected chi connectivity index (χ4v) is 3.58. The normalized spacial score (nSPS) is 16.2. The molecule has 0 bridgehead atoms. The third-order valence-electron chi connectivity index (χ3n) is 4.68. The maximum absolute atomic E-state index is 12.9. The predicted molar refractivity (Wildman–Crippen MR) is 111 cm³/mol. The van der Waals surface area contributed by atoms with Gasteiger partial charge in [0.25, 0.3) is 0 Å². The number of nitrogens with zero attached hydrogens (tertiary/aromatic N) is 2. The van der Waals surface area contributed by atoms with E-state index in [0.29, 0.717) is 16.3 Å². The van der Waals surface area contributed by atoms with Gasteiger partial charge in [0.05, 0.1) is 37.4 Å². The number of halogens is 1. The summed E-state index contributed by atoms with van der Waals surface area (Å²) in [5.74, 6) is -2.51. The fourth-order valence-electron chi connectivity index (χ4n) is 3.40. The van der Waals surface area contributed by atoms with Gasteiger partial charge in [0.15, 0.2) is 0 Å². The second kappa shape index (κ2) is 8.72. The molecule has 2 aromatic carbocycles. The molecule has 1 atom stereocenters. The van der Waals surface area contributed by atoms with Crippen LogP contribution in [-0.2, 0) is 19.1 Å². The van der Waals surface area contributed by atoms with Crippen molar-refractivity contribution < 1.29 is 19.1 Å². The zero-order valence-corrected chi connectivity index (χ0v) is 17.0. The Balaban J connectivity index is 2.41. The van der Waals surface area contributed by atoms with Gasteiger partial charge in [-0.25, -0.2) is 9.59 Å². The number of rotatable bonds is 4. The van der Waals surface area contributed by atoms with Gasteiger partial charge in [-0.3, -0.25) is 4.90 Å². The predicted octanol–water partition coefficient (Wildman–Crippen LogP) is 3.24. The number of nitrogens with two attached hydrogens (primary N) is 1. The molecule has 0 radical (unpaired) electrons. The van der Waals surface area contributed by atoms with Gasteiger partial charge < -0.3 is 15.2 Å². The molecule has 0 saturated carbocycles. The summed E-state index contributed by atoms with van der Waals surface area (Å²) in [5, 5.41) is 10.3. The van der Waals surface area contributed by atoms with Crippen LogP contribution >= 0.6 is 11.6 Å². The molecule has 0 saturated heterocycles. The molecule has 1 aliphatic rings. The van der Waals surface area contributed by atoms with E-state index >= 15 is 0 Å². The minimum Gasteiger partial charge on any atom is -0.466 e. The van der Waals surface area contributed by atoms with Crippen LogP contribution in [0, 0.1) is 11.3 Å². The molecule has 8 heteroatoms. The monoisotopic (exact) mass is 423 g/mol. The first-order chi connectivity index (χ1) is 14.4. The van der Waals surface area contributed by atoms with E-state index in [1.54, 1.807) is 54.6 Å². The average molecular weight is 424 g/mol. The molecular weight excluding hydrogens is 406 g/mol. The smallest absolute Gasteiger partial charge is 0.355 e. The van der Waals surface area contributed by atoms with Crippen molar-refractivity contribution in [2.45, 2.75) is 5.92 Å². The van der Waals surface area contributed by atoms with Crippen molar-refractivity contribution in [1.29, 1.82) is 5.26 Å². The van der Waals surface area contributed by atoms with Crippen LogP contribution in [0.1, 0.15) is 11.5 Å². The Hall–Kier alpha value is -3.76. The minimum absolute atomic E-state index is 0.0123. The molecule has 30 heavy (non-hydrogen) atoms. The molecule has 0 amide bonds. The number of carbonyl (C=O) groups excluding carboxylic acids is 2. The van der Waals surface area contributed by atoms with Crippen molar-refractivity contribution in [2.75, 3.05) is 19.1 Å². The molecule has 3 rings (SSSR count). The van der Waals surface area contributed by atoms with Crippen LogP contribution < -0.4 is 10.6 Å². The number of hydrogen-bond donors (Lipinski definition) is 1. The van der Waals surface area contributed by atoms with Crippen LogP contribution in [0.15, 0.2) is 77.3 Å². The second-order valence-electron chi connectivity index (χ2n) is 6.32. The lowest BCUT2D eigenvalue weighted by molar-refractivity contribution is -0.139. The number of nitriles is 1. The summed E-state index contributed by atoms with van der Waals surface area (Å²) in [5.41, 5.74) is 7.26. The Morgan fingerprint density at radius 2 is 1.73 bits per heavy atom. The second-order valence-corrected chi connectivity index (χ2v) is 6.75. The van der Waals surface area contributed by atoms with Crippen LogP contribution in [0.4, 0.5) is 5.69 Å². The van der Waals surface area contributed by atoms with Gasteiger partial charge >= 0.3 is 11.9 Å². The Morgan fingerprint density at radius 1 is 1.07 bits per heavy atom. The standard InChI is InChI=1S/C22H18ClN3O4/c1-29-21(27)18-17(13-7-4-3-5-8-13)16(12-24)20(25)26(19(18)22(28)30-2)15-10-6-9-14(23)11-15/h3-11,17H,25H2,1-2H3. The van der Waals surface area contributed by atoms with Crippen LogP contribution in [0.2, 0.25) is 5.02 Å². The van der Waals surface area contributed by atoms with E-state index in [2.05, 4.69) is 6.07 Å². The molecule has 0 spiro atoms. The summed E-state index contributed by atoms with van der Waals surface area (Å²) >= 11 is 6.12. The van der Waals surface area contributed by atoms with E-state index in [1.807, 2.05) is 0 Å². The Morgan fingerprint density at radius 3 is 2.30 bits per heavy atom. The molecular formula is C22H18ClN3O4. The zero-order chi connectivity index (χ0) is 21.8. The van der Waals surface area contributed by atoms with Gasteiger partial charge in [-0.1, -0.05) is 48.0 Å². The molecule has 0 aliphatic carbocycles. The fraction of sp³-hybridized carbons (Fsp3) is 0.136. The molecule has 152 valence electrons. The number of carbonyl (C=O) groups is 2. The summed E-state index contributed by atoms with van der Waals surface area (Å²) in [4.78, 5) is 27.0. The van der Waals surface area contributed by atoms with Crippen molar-refractivity contribution in [3.8, 4) is 6.07 Å². The quantitative estimate of drug-likeness (QED) is 0.752. The van der Waals surface area contributed by atoms with E-state index in [9.17, 15) is 14.9 Å². The number of methoxy groups -OCH3 is 2. The van der Waals surface area contributed by atoms with Gasteiger partial charge in [0, 0.05) is 10.7 Å². The third kappa shape index (κ3) is 3.61. The first-order valence-electron chi connectivity index (χ1n) is 8.85. The van der Waals surface area contributed by atoms with Crippen molar-refractivity contribution in [3.05, 3.63) is 87.8 Å². The van der Waals surface area contributed by atoms with Gasteiger partial charge in [-0.05, 0) is 23.8 Å². The molecule has 1 aliphatic heterocycles. The summed E-state index contributed by atoms with van der Waals surface area (Å²) in [7, 11) is 2.39. The average Bonchev–Trinajstić information content (AvgIpc) is 2.77. The molecule has 0 aromatic heterocycles. The lowest BCUT2D eigenvalue weighted by Crippen LogP contribution is -2.40. The highest BCUT2D eigenvalue weighted by atomic mass is 35.5. The molecule has 7 nitrogen and oxygen atoms in total. The number of allylic oxidation sites excluding steroid dienone is 1. The highest BCUT2D eigenvalue weighted by Crippen LogP contribution is 2.43. The van der Waals surface area contributed by atoms with Crippen molar-refractivity contribution in [3.63, 3.8) is 0 Å². The van der Waals surface area contributed by atoms with Gasteiger partial charge in [0.1, 0.15) is 11.5 Å². The number of hydrogen-bond acceptors (Lipinski definition) is 7. The van der Waals surface area contributed by atoms with Crippen molar-refractivity contribution >= 4 is 29.2 Å². The highest BCUT2D eigenvalue weighted by molar-refractivity contribution is 6.30. The highest BCUT2D eigenvalue weighted by Gasteiger charge is 2.42. The van der Waals surface area contributed by atoms with Crippen LogP contribution in [0.25, 0.3) is 0 Å². The zero-order valence-electron chi connectivity index (χ0n) is 16.3. The number of anilines is 1. The lowest BCUT2D eigenvalue weighted by Gasteiger charge is -2.35. The maximum atomic E-state index is 12.9. The summed E-state index contributed by atoms with van der Waals surface area (Å²) < 4.78 is 9.93. The third-order valence-corrected chi connectivity index (χ3v) is 4.91. The molecule has 1 heterocycles. The number of esters is 2. The van der Waals surface area contributed by atoms with Gasteiger partial charge in [-0.15, -0.1) is 0 Å². The van der Waals surface area contributed by atoms with Crippen LogP contribution in [0.5, 0.6) is 0 Å². The summed E-state index contributed by atoms with van der Waals surface area (Å²) in [6.07, 6.45) is 0.